The number of methoxy groups -OCH3 is 2. The highest BCUT2D eigenvalue weighted by Crippen LogP contribution is 2.57. The molecule has 2 fully saturated rings. The standard InChI is InChI=1S/C32H43ClNO5/c1-7-8-16-34(4)20(2)14-15-22-23(34)18-32(3)27(30(22)38-19-21-12-10-9-11-13-21)29(35)26-24(36-5)17-25(37-6)28(33)31(26)39-32/h9-13,17,20,22-23,27,30H,7-8,14-16,18-19H2,1-6H3/q+1. The zero-order valence-corrected chi connectivity index (χ0v) is 24.9. The Bertz CT molecular complexity index is 1200. The number of ketones is 1. The molecule has 5 rings (SSSR count). The molecule has 2 heterocycles. The Hall–Kier alpha value is -2.28. The van der Waals surface area contributed by atoms with Gasteiger partial charge in [-0.2, -0.15) is 0 Å². The van der Waals surface area contributed by atoms with Crippen molar-refractivity contribution in [3.05, 3.63) is 52.5 Å². The van der Waals surface area contributed by atoms with E-state index in [0.29, 0.717) is 46.5 Å². The molecule has 7 atom stereocenters. The van der Waals surface area contributed by atoms with Crippen LogP contribution >= 0.6 is 11.6 Å². The van der Waals surface area contributed by atoms with Crippen molar-refractivity contribution in [1.82, 2.24) is 0 Å². The molecular formula is C32H43ClNO5+. The molecule has 7 heteroatoms. The summed E-state index contributed by atoms with van der Waals surface area (Å²) >= 11 is 6.78. The molecule has 2 aliphatic heterocycles. The van der Waals surface area contributed by atoms with Crippen molar-refractivity contribution >= 4 is 17.4 Å². The van der Waals surface area contributed by atoms with E-state index < -0.39 is 11.5 Å². The Balaban J connectivity index is 1.62. The predicted octanol–water partition coefficient (Wildman–Crippen LogP) is 6.71. The fourth-order valence-corrected chi connectivity index (χ4v) is 7.85. The number of carbonyl (C=O) groups excluding carboxylic acids is 1. The summed E-state index contributed by atoms with van der Waals surface area (Å²) in [5.41, 5.74) is 0.713. The minimum absolute atomic E-state index is 0.0157. The second-order valence-electron chi connectivity index (χ2n) is 12.1. The molecule has 0 spiro atoms. The SMILES string of the molecule is CCCC[N+]1(C)C(C)CCC2C(OCc3ccccc3)C3C(=O)c4c(OC)cc(OC)c(Cl)c4OC3(C)CC21. The Morgan fingerprint density at radius 2 is 1.85 bits per heavy atom. The van der Waals surface area contributed by atoms with E-state index in [1.165, 1.54) is 6.42 Å². The molecule has 0 aromatic heterocycles. The number of benzene rings is 2. The highest BCUT2D eigenvalue weighted by Gasteiger charge is 2.64. The van der Waals surface area contributed by atoms with Gasteiger partial charge in [0, 0.05) is 18.4 Å². The fraction of sp³-hybridized carbons (Fsp3) is 0.594. The van der Waals surface area contributed by atoms with Gasteiger partial charge in [-0.25, -0.2) is 0 Å². The molecule has 0 radical (unpaired) electrons. The van der Waals surface area contributed by atoms with E-state index in [2.05, 4.69) is 40.0 Å². The van der Waals surface area contributed by atoms with Crippen LogP contribution in [-0.2, 0) is 11.3 Å². The molecule has 212 valence electrons. The Morgan fingerprint density at radius 1 is 1.13 bits per heavy atom. The van der Waals surface area contributed by atoms with Crippen molar-refractivity contribution < 1.29 is 28.2 Å². The largest absolute Gasteiger partial charge is 0.496 e. The first-order chi connectivity index (χ1) is 18.7. The van der Waals surface area contributed by atoms with Crippen molar-refractivity contribution in [2.45, 2.75) is 83.3 Å². The first-order valence-corrected chi connectivity index (χ1v) is 14.7. The molecule has 7 unspecified atom stereocenters. The van der Waals surface area contributed by atoms with E-state index >= 15 is 0 Å². The lowest BCUT2D eigenvalue weighted by atomic mass is 9.60. The summed E-state index contributed by atoms with van der Waals surface area (Å²) in [6, 6.07) is 12.7. The fourth-order valence-electron chi connectivity index (χ4n) is 7.58. The van der Waals surface area contributed by atoms with Gasteiger partial charge in [-0.3, -0.25) is 4.79 Å². The minimum atomic E-state index is -0.781. The minimum Gasteiger partial charge on any atom is -0.496 e. The molecule has 0 N–H and O–H groups in total. The van der Waals surface area contributed by atoms with Gasteiger partial charge in [0.05, 0.1) is 58.5 Å². The van der Waals surface area contributed by atoms with Gasteiger partial charge in [-0.15, -0.1) is 0 Å². The van der Waals surface area contributed by atoms with Crippen molar-refractivity contribution in [2.24, 2.45) is 11.8 Å². The summed E-state index contributed by atoms with van der Waals surface area (Å²) in [7, 11) is 5.52. The Morgan fingerprint density at radius 3 is 2.51 bits per heavy atom. The normalized spacial score (nSPS) is 33.4. The molecule has 39 heavy (non-hydrogen) atoms. The lowest BCUT2D eigenvalue weighted by Gasteiger charge is -2.61. The molecular weight excluding hydrogens is 514 g/mol. The average molecular weight is 557 g/mol. The highest BCUT2D eigenvalue weighted by atomic mass is 35.5. The second-order valence-corrected chi connectivity index (χ2v) is 12.5. The summed E-state index contributed by atoms with van der Waals surface area (Å²) in [4.78, 5) is 14.5. The van der Waals surface area contributed by atoms with Gasteiger partial charge < -0.3 is 23.4 Å². The number of unbranched alkanes of at least 4 members (excludes halogenated alkanes) is 1. The molecule has 0 bridgehead atoms. The van der Waals surface area contributed by atoms with Crippen LogP contribution in [0.3, 0.4) is 0 Å². The van der Waals surface area contributed by atoms with Crippen LogP contribution in [0.25, 0.3) is 0 Å². The number of halogens is 1. The Labute approximate surface area is 238 Å². The van der Waals surface area contributed by atoms with Crippen LogP contribution in [-0.4, -0.2) is 61.9 Å². The average Bonchev–Trinajstić information content (AvgIpc) is 2.93. The smallest absolute Gasteiger partial charge is 0.180 e. The van der Waals surface area contributed by atoms with Crippen LogP contribution in [0.15, 0.2) is 36.4 Å². The number of ether oxygens (including phenoxy) is 4. The summed E-state index contributed by atoms with van der Waals surface area (Å²) in [5.74, 6) is 0.979. The third kappa shape index (κ3) is 4.72. The second kappa shape index (κ2) is 10.9. The van der Waals surface area contributed by atoms with Crippen molar-refractivity contribution in [3.63, 3.8) is 0 Å². The molecule has 6 nitrogen and oxygen atoms in total. The number of piperidine rings is 1. The third-order valence-electron chi connectivity index (χ3n) is 9.93. The van der Waals surface area contributed by atoms with Crippen LogP contribution in [0, 0.1) is 11.8 Å². The number of quaternary nitrogens is 1. The lowest BCUT2D eigenvalue weighted by Crippen LogP contribution is -2.73. The first-order valence-electron chi connectivity index (χ1n) is 14.4. The molecule has 1 aliphatic carbocycles. The number of rotatable bonds is 8. The van der Waals surface area contributed by atoms with E-state index in [1.54, 1.807) is 20.3 Å². The zero-order valence-electron chi connectivity index (χ0n) is 24.2. The number of hydrogen-bond acceptors (Lipinski definition) is 5. The predicted molar refractivity (Wildman–Crippen MR) is 153 cm³/mol. The van der Waals surface area contributed by atoms with E-state index in [-0.39, 0.29) is 17.8 Å². The summed E-state index contributed by atoms with van der Waals surface area (Å²) < 4.78 is 25.9. The van der Waals surface area contributed by atoms with Crippen molar-refractivity contribution in [3.8, 4) is 17.2 Å². The van der Waals surface area contributed by atoms with Crippen LogP contribution in [0.1, 0.15) is 68.8 Å². The van der Waals surface area contributed by atoms with E-state index in [4.69, 9.17) is 30.5 Å². The summed E-state index contributed by atoms with van der Waals surface area (Å²) in [6.45, 7) is 8.28. The molecule has 1 saturated heterocycles. The van der Waals surface area contributed by atoms with E-state index in [1.807, 2.05) is 18.2 Å². The quantitative estimate of drug-likeness (QED) is 0.338. The maximum Gasteiger partial charge on any atom is 0.180 e. The maximum absolute atomic E-state index is 14.5. The van der Waals surface area contributed by atoms with Gasteiger partial charge in [-0.05, 0) is 38.7 Å². The molecule has 2 aromatic carbocycles. The summed E-state index contributed by atoms with van der Waals surface area (Å²) in [6.07, 6.45) is 4.96. The van der Waals surface area contributed by atoms with Gasteiger partial charge >= 0.3 is 0 Å². The van der Waals surface area contributed by atoms with Crippen molar-refractivity contribution in [2.75, 3.05) is 27.8 Å². The third-order valence-corrected chi connectivity index (χ3v) is 10.3. The maximum atomic E-state index is 14.5. The van der Waals surface area contributed by atoms with E-state index in [0.717, 1.165) is 42.3 Å². The van der Waals surface area contributed by atoms with Gasteiger partial charge in [0.25, 0.3) is 0 Å². The first kappa shape index (κ1) is 28.3. The Kier molecular flexibility index (Phi) is 7.93. The zero-order chi connectivity index (χ0) is 27.9. The number of likely N-dealkylation sites (tertiary alicyclic amines) is 1. The van der Waals surface area contributed by atoms with Crippen LogP contribution < -0.4 is 14.2 Å². The monoisotopic (exact) mass is 556 g/mol. The highest BCUT2D eigenvalue weighted by molar-refractivity contribution is 6.34. The van der Waals surface area contributed by atoms with Gasteiger partial charge in [-0.1, -0.05) is 55.3 Å². The number of fused-ring (bicyclic) bond motifs is 3. The lowest BCUT2D eigenvalue weighted by molar-refractivity contribution is -0.966. The molecule has 0 amide bonds. The molecule has 3 aliphatic rings. The van der Waals surface area contributed by atoms with Crippen LogP contribution in [0.2, 0.25) is 5.02 Å². The van der Waals surface area contributed by atoms with Gasteiger partial charge in [0.1, 0.15) is 27.7 Å². The number of carbonyl (C=O) groups is 1. The summed E-state index contributed by atoms with van der Waals surface area (Å²) in [5, 5.41) is 0.311. The number of hydrogen-bond donors (Lipinski definition) is 0. The molecule has 1 saturated carbocycles. The van der Waals surface area contributed by atoms with E-state index in [9.17, 15) is 4.79 Å². The van der Waals surface area contributed by atoms with Crippen molar-refractivity contribution in [1.29, 1.82) is 0 Å². The number of nitrogens with zero attached hydrogens (tertiary/aromatic N) is 1. The molecule has 2 aromatic rings. The van der Waals surface area contributed by atoms with Crippen LogP contribution in [0.4, 0.5) is 0 Å². The van der Waals surface area contributed by atoms with Gasteiger partial charge in [0.2, 0.25) is 0 Å². The topological polar surface area (TPSA) is 54.0 Å². The van der Waals surface area contributed by atoms with Crippen LogP contribution in [0.5, 0.6) is 17.2 Å². The number of Topliss-reactive ketones (excluding diaryl/α,β-unsaturated/α-hetero) is 1. The van der Waals surface area contributed by atoms with Gasteiger partial charge in [0.15, 0.2) is 11.5 Å².